The second kappa shape index (κ2) is 8.78. The van der Waals surface area contributed by atoms with E-state index in [2.05, 4.69) is 21.3 Å². The number of fused-ring (bicyclic) bond motifs is 1. The van der Waals surface area contributed by atoms with Gasteiger partial charge in [0.25, 0.3) is 0 Å². The average molecular weight is 483 g/mol. The Morgan fingerprint density at radius 1 is 1.33 bits per heavy atom. The van der Waals surface area contributed by atoms with Crippen LogP contribution in [0.4, 0.5) is 4.79 Å². The molecule has 7 nitrogen and oxygen atoms in total. The van der Waals surface area contributed by atoms with Gasteiger partial charge in [0, 0.05) is 26.2 Å². The first-order valence-electron chi connectivity index (χ1n) is 8.87. The number of nitriles is 1. The molecule has 8 heteroatoms. The lowest BCUT2D eigenvalue weighted by Crippen LogP contribution is -2.57. The molecule has 0 bridgehead atoms. The standard InChI is InChI=1S/C19H25N5O2.HI/c1-19(2,3)26-18(25)23-8-9-24-16(13-23)12-22-17(24)21-11-15-6-4-14(10-20)5-7-15;/h4-7,16H,8-9,11-13H2,1-3H3,(H,21,22);1H. The maximum absolute atomic E-state index is 12.3. The first-order valence-corrected chi connectivity index (χ1v) is 8.87. The Bertz CT molecular complexity index is 736. The zero-order valence-electron chi connectivity index (χ0n) is 15.9. The second-order valence-corrected chi connectivity index (χ2v) is 7.60. The number of rotatable bonds is 2. The van der Waals surface area contributed by atoms with Crippen LogP contribution in [0.15, 0.2) is 29.3 Å². The lowest BCUT2D eigenvalue weighted by atomic mass is 10.1. The van der Waals surface area contributed by atoms with Gasteiger partial charge < -0.3 is 19.9 Å². The van der Waals surface area contributed by atoms with Crippen molar-refractivity contribution in [3.05, 3.63) is 35.4 Å². The highest BCUT2D eigenvalue weighted by atomic mass is 127. The fourth-order valence-corrected chi connectivity index (χ4v) is 3.10. The zero-order valence-corrected chi connectivity index (χ0v) is 18.3. The number of nitrogens with one attached hydrogen (secondary N) is 1. The highest BCUT2D eigenvalue weighted by Crippen LogP contribution is 2.18. The lowest BCUT2D eigenvalue weighted by molar-refractivity contribution is 0.0137. The van der Waals surface area contributed by atoms with Gasteiger partial charge in [-0.1, -0.05) is 12.1 Å². The topological polar surface area (TPSA) is 81.0 Å². The summed E-state index contributed by atoms with van der Waals surface area (Å²) >= 11 is 0. The van der Waals surface area contributed by atoms with Gasteiger partial charge in [-0.2, -0.15) is 5.26 Å². The number of nitrogens with zero attached hydrogens (tertiary/aromatic N) is 4. The van der Waals surface area contributed by atoms with Crippen molar-refractivity contribution in [3.63, 3.8) is 0 Å². The molecule has 1 unspecified atom stereocenters. The highest BCUT2D eigenvalue weighted by molar-refractivity contribution is 14.0. The van der Waals surface area contributed by atoms with Gasteiger partial charge in [0.1, 0.15) is 5.60 Å². The van der Waals surface area contributed by atoms with Crippen molar-refractivity contribution in [1.82, 2.24) is 15.1 Å². The van der Waals surface area contributed by atoms with Gasteiger partial charge in [-0.15, -0.1) is 24.0 Å². The number of halogens is 1. The van der Waals surface area contributed by atoms with E-state index in [1.165, 1.54) is 0 Å². The fraction of sp³-hybridized carbons (Fsp3) is 0.526. The number of carbonyl (C=O) groups is 1. The molecule has 2 aliphatic rings. The molecule has 146 valence electrons. The molecule has 1 fully saturated rings. The first kappa shape index (κ1) is 21.3. The monoisotopic (exact) mass is 483 g/mol. The minimum atomic E-state index is -0.478. The van der Waals surface area contributed by atoms with E-state index >= 15 is 0 Å². The molecule has 2 aliphatic heterocycles. The molecule has 1 atom stereocenters. The van der Waals surface area contributed by atoms with E-state index < -0.39 is 5.60 Å². The van der Waals surface area contributed by atoms with E-state index in [0.717, 1.165) is 18.1 Å². The third kappa shape index (κ3) is 5.48. The second-order valence-electron chi connectivity index (χ2n) is 7.60. The maximum atomic E-state index is 12.3. The summed E-state index contributed by atoms with van der Waals surface area (Å²) in [5.41, 5.74) is 1.28. The Labute approximate surface area is 177 Å². The minimum absolute atomic E-state index is 0. The van der Waals surface area contributed by atoms with Crippen LogP contribution in [0.2, 0.25) is 0 Å². The number of piperazine rings is 1. The van der Waals surface area contributed by atoms with Crippen LogP contribution in [0.3, 0.4) is 0 Å². The highest BCUT2D eigenvalue weighted by Gasteiger charge is 2.36. The summed E-state index contributed by atoms with van der Waals surface area (Å²) in [5.74, 6) is 0.878. The largest absolute Gasteiger partial charge is 0.444 e. The van der Waals surface area contributed by atoms with E-state index in [9.17, 15) is 4.79 Å². The van der Waals surface area contributed by atoms with E-state index in [-0.39, 0.29) is 36.1 Å². The van der Waals surface area contributed by atoms with Gasteiger partial charge in [0.15, 0.2) is 5.96 Å². The summed E-state index contributed by atoms with van der Waals surface area (Å²) < 4.78 is 5.47. The Morgan fingerprint density at radius 3 is 2.67 bits per heavy atom. The van der Waals surface area contributed by atoms with Crippen molar-refractivity contribution in [2.45, 2.75) is 39.0 Å². The molecular weight excluding hydrogens is 457 g/mol. The average Bonchev–Trinajstić information content (AvgIpc) is 3.01. The quantitative estimate of drug-likeness (QED) is 0.655. The summed E-state index contributed by atoms with van der Waals surface area (Å²) in [6.07, 6.45) is -0.254. The van der Waals surface area contributed by atoms with Crippen molar-refractivity contribution in [2.75, 3.05) is 26.2 Å². The molecule has 3 rings (SSSR count). The molecule has 1 amide bonds. The minimum Gasteiger partial charge on any atom is -0.444 e. The summed E-state index contributed by atoms with van der Waals surface area (Å²) in [4.78, 5) is 20.8. The molecule has 0 aliphatic carbocycles. The predicted molar refractivity (Wildman–Crippen MR) is 114 cm³/mol. The number of aliphatic imine (C=N–C) groups is 1. The Balaban J connectivity index is 0.00000261. The number of benzene rings is 1. The van der Waals surface area contributed by atoms with Crippen LogP contribution in [-0.4, -0.2) is 59.7 Å². The van der Waals surface area contributed by atoms with Crippen LogP contribution in [0.1, 0.15) is 31.9 Å². The normalized spacial score (nSPS) is 18.7. The molecule has 27 heavy (non-hydrogen) atoms. The third-order valence-electron chi connectivity index (χ3n) is 4.39. The van der Waals surface area contributed by atoms with Crippen molar-refractivity contribution in [2.24, 2.45) is 4.99 Å². The van der Waals surface area contributed by atoms with Crippen LogP contribution in [0, 0.1) is 11.3 Å². The van der Waals surface area contributed by atoms with Gasteiger partial charge in [0.2, 0.25) is 0 Å². The van der Waals surface area contributed by atoms with Crippen LogP contribution >= 0.6 is 24.0 Å². The number of carbonyl (C=O) groups excluding carboxylic acids is 1. The molecule has 1 aromatic carbocycles. The van der Waals surface area contributed by atoms with Crippen molar-refractivity contribution in [1.29, 1.82) is 5.26 Å². The Morgan fingerprint density at radius 2 is 2.04 bits per heavy atom. The van der Waals surface area contributed by atoms with E-state index in [1.807, 2.05) is 45.0 Å². The Kier molecular flexibility index (Phi) is 6.92. The van der Waals surface area contributed by atoms with Crippen molar-refractivity contribution in [3.8, 4) is 6.07 Å². The predicted octanol–water partition coefficient (Wildman–Crippen LogP) is 2.56. The molecule has 1 aromatic rings. The number of guanidine groups is 1. The van der Waals surface area contributed by atoms with Crippen molar-refractivity contribution >= 4 is 36.0 Å². The molecule has 0 aromatic heterocycles. The number of hydrogen-bond donors (Lipinski definition) is 1. The maximum Gasteiger partial charge on any atom is 0.410 e. The molecule has 1 N–H and O–H groups in total. The molecule has 0 spiro atoms. The van der Waals surface area contributed by atoms with E-state index in [4.69, 9.17) is 10.00 Å². The van der Waals surface area contributed by atoms with Gasteiger partial charge in [-0.05, 0) is 38.5 Å². The van der Waals surface area contributed by atoms with Crippen LogP contribution in [0.5, 0.6) is 0 Å². The van der Waals surface area contributed by atoms with Crippen molar-refractivity contribution < 1.29 is 9.53 Å². The smallest absolute Gasteiger partial charge is 0.410 e. The molecule has 0 radical (unpaired) electrons. The van der Waals surface area contributed by atoms with Crippen LogP contribution in [0.25, 0.3) is 0 Å². The van der Waals surface area contributed by atoms with E-state index in [0.29, 0.717) is 31.7 Å². The van der Waals surface area contributed by atoms with E-state index in [1.54, 1.807) is 4.90 Å². The van der Waals surface area contributed by atoms with Gasteiger partial charge in [-0.3, -0.25) is 4.99 Å². The Hall–Kier alpha value is -2.02. The molecule has 0 saturated carbocycles. The fourth-order valence-electron chi connectivity index (χ4n) is 3.10. The lowest BCUT2D eigenvalue weighted by Gasteiger charge is -2.39. The van der Waals surface area contributed by atoms with Gasteiger partial charge in [-0.25, -0.2) is 4.79 Å². The summed E-state index contributed by atoms with van der Waals surface area (Å²) in [6.45, 7) is 8.96. The van der Waals surface area contributed by atoms with Crippen LogP contribution in [-0.2, 0) is 11.3 Å². The van der Waals surface area contributed by atoms with Crippen LogP contribution < -0.4 is 5.32 Å². The first-order chi connectivity index (χ1) is 12.4. The number of amides is 1. The summed E-state index contributed by atoms with van der Waals surface area (Å²) in [7, 11) is 0. The zero-order chi connectivity index (χ0) is 18.7. The number of hydrogen-bond acceptors (Lipinski definition) is 6. The SMILES string of the molecule is CC(C)(C)OC(=O)N1CCN2C(NCc3ccc(C#N)cc3)=NCC2C1.I. The van der Waals surface area contributed by atoms with Gasteiger partial charge in [0.05, 0.1) is 24.2 Å². The molecule has 1 saturated heterocycles. The molecule has 2 heterocycles. The number of ether oxygens (including phenoxy) is 1. The molecular formula is C19H26IN5O2. The summed E-state index contributed by atoms with van der Waals surface area (Å²) in [6, 6.07) is 9.83. The van der Waals surface area contributed by atoms with Gasteiger partial charge >= 0.3 is 6.09 Å². The summed E-state index contributed by atoms with van der Waals surface area (Å²) in [5, 5.41) is 12.2. The third-order valence-corrected chi connectivity index (χ3v) is 4.39.